The summed E-state index contributed by atoms with van der Waals surface area (Å²) in [6, 6.07) is 29.3. The molecule has 1 aromatic heterocycles. The van der Waals surface area contributed by atoms with Crippen LogP contribution in [0, 0.1) is 5.41 Å². The third-order valence-electron chi connectivity index (χ3n) is 5.96. The Kier molecular flexibility index (Phi) is 4.73. The molecule has 0 aliphatic rings. The van der Waals surface area contributed by atoms with Crippen LogP contribution in [0.15, 0.2) is 91.5 Å². The van der Waals surface area contributed by atoms with E-state index in [1.807, 2.05) is 24.3 Å². The van der Waals surface area contributed by atoms with Gasteiger partial charge in [-0.15, -0.1) is 0 Å². The van der Waals surface area contributed by atoms with Crippen LogP contribution in [0.25, 0.3) is 44.6 Å². The maximum Gasteiger partial charge on any atom is 0.0550 e. The molecule has 0 saturated carbocycles. The lowest BCUT2D eigenvalue weighted by atomic mass is 9.93. The van der Waals surface area contributed by atoms with E-state index in [0.29, 0.717) is 6.54 Å². The second-order valence-corrected chi connectivity index (χ2v) is 7.54. The molecule has 1 heterocycles. The zero-order valence-electron chi connectivity index (χ0n) is 17.2. The molecule has 0 bridgehead atoms. The van der Waals surface area contributed by atoms with Gasteiger partial charge >= 0.3 is 0 Å². The van der Waals surface area contributed by atoms with Gasteiger partial charge in [-0.3, -0.25) is 0 Å². The molecule has 0 radical (unpaired) electrons. The van der Waals surface area contributed by atoms with E-state index >= 15 is 0 Å². The SMILES string of the molecule is C=Cc1c(C=N)c2ccccc2n1-c1ccc(-c2ccccc2CN)c2ccccc12. The Morgan fingerprint density at radius 1 is 0.774 bits per heavy atom. The first kappa shape index (κ1) is 19.0. The van der Waals surface area contributed by atoms with Crippen LogP contribution in [0.5, 0.6) is 0 Å². The molecule has 3 nitrogen and oxygen atoms in total. The van der Waals surface area contributed by atoms with Gasteiger partial charge in [0.15, 0.2) is 0 Å². The topological polar surface area (TPSA) is 54.8 Å². The second kappa shape index (κ2) is 7.71. The van der Waals surface area contributed by atoms with E-state index in [1.165, 1.54) is 17.2 Å². The highest BCUT2D eigenvalue weighted by molar-refractivity contribution is 6.07. The first-order valence-electron chi connectivity index (χ1n) is 10.3. The molecule has 5 aromatic rings. The van der Waals surface area contributed by atoms with Crippen LogP contribution in [-0.2, 0) is 6.54 Å². The number of para-hydroxylation sites is 1. The van der Waals surface area contributed by atoms with Gasteiger partial charge in [-0.1, -0.05) is 79.4 Å². The Bertz CT molecular complexity index is 1460. The Hall–Kier alpha value is -3.95. The number of aromatic nitrogens is 1. The lowest BCUT2D eigenvalue weighted by molar-refractivity contribution is 1.07. The van der Waals surface area contributed by atoms with Gasteiger partial charge in [0, 0.05) is 29.1 Å². The summed E-state index contributed by atoms with van der Waals surface area (Å²) in [7, 11) is 0. The van der Waals surface area contributed by atoms with Crippen molar-refractivity contribution in [3.63, 3.8) is 0 Å². The molecular formula is C28H23N3. The lowest BCUT2D eigenvalue weighted by Gasteiger charge is -2.17. The van der Waals surface area contributed by atoms with Crippen molar-refractivity contribution < 1.29 is 0 Å². The van der Waals surface area contributed by atoms with Crippen molar-refractivity contribution in [3.8, 4) is 16.8 Å². The van der Waals surface area contributed by atoms with Crippen molar-refractivity contribution in [1.82, 2.24) is 4.57 Å². The summed E-state index contributed by atoms with van der Waals surface area (Å²) in [4.78, 5) is 0. The average Bonchev–Trinajstić information content (AvgIpc) is 3.16. The zero-order valence-corrected chi connectivity index (χ0v) is 17.2. The molecule has 0 unspecified atom stereocenters. The van der Waals surface area contributed by atoms with Gasteiger partial charge in [0.1, 0.15) is 0 Å². The van der Waals surface area contributed by atoms with Crippen molar-refractivity contribution in [3.05, 3.63) is 108 Å². The second-order valence-electron chi connectivity index (χ2n) is 7.54. The normalized spacial score (nSPS) is 11.1. The van der Waals surface area contributed by atoms with Crippen molar-refractivity contribution in [2.24, 2.45) is 5.73 Å². The van der Waals surface area contributed by atoms with Crippen LogP contribution in [0.1, 0.15) is 16.8 Å². The average molecular weight is 402 g/mol. The van der Waals surface area contributed by atoms with Crippen molar-refractivity contribution in [2.75, 3.05) is 0 Å². The minimum atomic E-state index is 0.498. The number of hydrogen-bond donors (Lipinski definition) is 2. The predicted molar refractivity (Wildman–Crippen MR) is 132 cm³/mol. The summed E-state index contributed by atoms with van der Waals surface area (Å²) in [6.45, 7) is 4.55. The highest BCUT2D eigenvalue weighted by Crippen LogP contribution is 2.37. The summed E-state index contributed by atoms with van der Waals surface area (Å²) in [5.41, 5.74) is 13.4. The van der Waals surface area contributed by atoms with E-state index < -0.39 is 0 Å². The smallest absolute Gasteiger partial charge is 0.0550 e. The van der Waals surface area contributed by atoms with Gasteiger partial charge < -0.3 is 15.7 Å². The van der Waals surface area contributed by atoms with Gasteiger partial charge in [-0.05, 0) is 40.3 Å². The Morgan fingerprint density at radius 3 is 2.19 bits per heavy atom. The van der Waals surface area contributed by atoms with Crippen LogP contribution >= 0.6 is 0 Å². The third-order valence-corrected chi connectivity index (χ3v) is 5.96. The number of nitrogens with zero attached hydrogens (tertiary/aromatic N) is 1. The maximum atomic E-state index is 8.00. The van der Waals surface area contributed by atoms with E-state index in [2.05, 4.69) is 77.9 Å². The monoisotopic (exact) mass is 401 g/mol. The molecule has 5 rings (SSSR count). The zero-order chi connectivity index (χ0) is 21.4. The minimum Gasteiger partial charge on any atom is -0.326 e. The molecule has 0 aliphatic carbocycles. The van der Waals surface area contributed by atoms with E-state index in [9.17, 15) is 0 Å². The molecule has 0 saturated heterocycles. The summed E-state index contributed by atoms with van der Waals surface area (Å²) in [5.74, 6) is 0. The summed E-state index contributed by atoms with van der Waals surface area (Å²) < 4.78 is 2.21. The highest BCUT2D eigenvalue weighted by Gasteiger charge is 2.18. The van der Waals surface area contributed by atoms with E-state index in [4.69, 9.17) is 11.1 Å². The van der Waals surface area contributed by atoms with Gasteiger partial charge in [-0.2, -0.15) is 0 Å². The number of nitrogens with one attached hydrogen (secondary N) is 1. The summed E-state index contributed by atoms with van der Waals surface area (Å²) in [6.07, 6.45) is 3.26. The van der Waals surface area contributed by atoms with E-state index in [0.717, 1.165) is 44.4 Å². The number of hydrogen-bond acceptors (Lipinski definition) is 2. The molecule has 0 fully saturated rings. The van der Waals surface area contributed by atoms with Crippen LogP contribution in [0.4, 0.5) is 0 Å². The van der Waals surface area contributed by atoms with Gasteiger partial charge in [0.2, 0.25) is 0 Å². The Morgan fingerprint density at radius 2 is 1.45 bits per heavy atom. The summed E-state index contributed by atoms with van der Waals surface area (Å²) >= 11 is 0. The van der Waals surface area contributed by atoms with E-state index in [-0.39, 0.29) is 0 Å². The Balaban J connectivity index is 1.88. The minimum absolute atomic E-state index is 0.498. The Labute approximate surface area is 181 Å². The van der Waals surface area contributed by atoms with Crippen molar-refractivity contribution >= 4 is 34.0 Å². The molecule has 150 valence electrons. The predicted octanol–water partition coefficient (Wildman–Crippen LogP) is 6.55. The fourth-order valence-electron chi connectivity index (χ4n) is 4.57. The number of benzene rings is 4. The first-order chi connectivity index (χ1) is 15.3. The largest absolute Gasteiger partial charge is 0.326 e. The number of fused-ring (bicyclic) bond motifs is 2. The molecule has 3 heteroatoms. The first-order valence-corrected chi connectivity index (χ1v) is 10.3. The summed E-state index contributed by atoms with van der Waals surface area (Å²) in [5, 5.41) is 11.4. The van der Waals surface area contributed by atoms with E-state index in [1.54, 1.807) is 0 Å². The number of nitrogens with two attached hydrogens (primary N) is 1. The fraction of sp³-hybridized carbons (Fsp3) is 0.0357. The van der Waals surface area contributed by atoms with Gasteiger partial charge in [0.25, 0.3) is 0 Å². The third kappa shape index (κ3) is 2.90. The molecule has 0 aliphatic heterocycles. The maximum absolute atomic E-state index is 8.00. The standard InChI is InChI=1S/C28H23N3/c1-2-26-25(18-30)24-13-7-8-14-27(24)31(26)28-16-15-22(21-11-5-6-12-23(21)28)20-10-4-3-9-19(20)17-29/h2-16,18,30H,1,17,29H2. The van der Waals surface area contributed by atoms with Crippen molar-refractivity contribution in [2.45, 2.75) is 6.54 Å². The quantitative estimate of drug-likeness (QED) is 0.322. The van der Waals surface area contributed by atoms with Crippen molar-refractivity contribution in [1.29, 1.82) is 5.41 Å². The van der Waals surface area contributed by atoms with Crippen LogP contribution in [0.2, 0.25) is 0 Å². The van der Waals surface area contributed by atoms with Crippen LogP contribution in [-0.4, -0.2) is 10.8 Å². The molecule has 31 heavy (non-hydrogen) atoms. The number of rotatable bonds is 5. The molecular weight excluding hydrogens is 378 g/mol. The van der Waals surface area contributed by atoms with Crippen LogP contribution in [0.3, 0.4) is 0 Å². The highest BCUT2D eigenvalue weighted by atomic mass is 15.0. The molecule has 0 atom stereocenters. The molecule has 0 spiro atoms. The van der Waals surface area contributed by atoms with Gasteiger partial charge in [0.05, 0.1) is 16.9 Å². The van der Waals surface area contributed by atoms with Gasteiger partial charge in [-0.25, -0.2) is 0 Å². The fourth-order valence-corrected chi connectivity index (χ4v) is 4.57. The molecule has 0 amide bonds. The lowest BCUT2D eigenvalue weighted by Crippen LogP contribution is -2.01. The molecule has 4 aromatic carbocycles. The van der Waals surface area contributed by atoms with Crippen LogP contribution < -0.4 is 5.73 Å². The molecule has 3 N–H and O–H groups in total.